The Balaban J connectivity index is 1.16. The number of hydrogen-bond donors (Lipinski definition) is 0. The van der Waals surface area contributed by atoms with Crippen LogP contribution in [0, 0.1) is 0 Å². The van der Waals surface area contributed by atoms with Crippen LogP contribution in [0.5, 0.6) is 0 Å². The third kappa shape index (κ3) is 3.50. The predicted octanol–water partition coefficient (Wildman–Crippen LogP) is 14.0. The van der Waals surface area contributed by atoms with Crippen molar-refractivity contribution in [3.63, 3.8) is 0 Å². The van der Waals surface area contributed by atoms with Gasteiger partial charge in [-0.2, -0.15) is 0 Å². The van der Waals surface area contributed by atoms with E-state index in [4.69, 9.17) is 4.42 Å². The average Bonchev–Trinajstić information content (AvgIpc) is 3.96. The topological polar surface area (TPSA) is 25.2 Å². The number of hydrogen-bond acceptors (Lipinski definition) is 3. The molecule has 0 amide bonds. The Bertz CT molecular complexity index is 3640. The van der Waals surface area contributed by atoms with E-state index < -0.39 is 0 Å². The molecule has 0 unspecified atom stereocenters. The van der Waals surface area contributed by atoms with Crippen LogP contribution >= 0.6 is 11.3 Å². The molecular formula is C48H27N3OS. The summed E-state index contributed by atoms with van der Waals surface area (Å²) in [5.74, 6) is 0. The lowest BCUT2D eigenvalue weighted by Gasteiger charge is -2.27. The molecule has 246 valence electrons. The van der Waals surface area contributed by atoms with Crippen LogP contribution in [0.15, 0.2) is 168 Å². The first kappa shape index (κ1) is 27.8. The molecule has 0 atom stereocenters. The van der Waals surface area contributed by atoms with Crippen molar-refractivity contribution in [2.45, 2.75) is 0 Å². The number of benzene rings is 8. The number of furan rings is 1. The Hall–Kier alpha value is -6.82. The fourth-order valence-corrected chi connectivity index (χ4v) is 10.4. The molecule has 5 aromatic heterocycles. The van der Waals surface area contributed by atoms with Crippen LogP contribution in [-0.2, 0) is 0 Å². The van der Waals surface area contributed by atoms with E-state index in [2.05, 4.69) is 177 Å². The van der Waals surface area contributed by atoms with Gasteiger partial charge in [0.1, 0.15) is 11.2 Å². The monoisotopic (exact) mass is 693 g/mol. The third-order valence-electron chi connectivity index (χ3n) is 11.4. The van der Waals surface area contributed by atoms with E-state index in [0.717, 1.165) is 44.5 Å². The highest BCUT2D eigenvalue weighted by molar-refractivity contribution is 7.26. The summed E-state index contributed by atoms with van der Waals surface area (Å²) < 4.78 is 14.4. The highest BCUT2D eigenvalue weighted by Gasteiger charge is 2.25. The zero-order chi connectivity index (χ0) is 34.4. The van der Waals surface area contributed by atoms with Crippen molar-refractivity contribution in [2.24, 2.45) is 0 Å². The molecule has 13 aromatic rings. The highest BCUT2D eigenvalue weighted by Crippen LogP contribution is 2.49. The predicted molar refractivity (Wildman–Crippen MR) is 224 cm³/mol. The van der Waals surface area contributed by atoms with Crippen LogP contribution in [-0.4, -0.2) is 8.80 Å². The molecule has 0 spiro atoms. The quantitative estimate of drug-likeness (QED) is 0.172. The van der Waals surface area contributed by atoms with Gasteiger partial charge in [-0.3, -0.25) is 0 Å². The van der Waals surface area contributed by atoms with Gasteiger partial charge in [-0.25, -0.2) is 0 Å². The van der Waals surface area contributed by atoms with E-state index in [0.29, 0.717) is 0 Å². The Labute approximate surface area is 305 Å². The molecular weight excluding hydrogens is 667 g/mol. The van der Waals surface area contributed by atoms with Gasteiger partial charge in [-0.15, -0.1) is 11.3 Å². The molecule has 0 saturated heterocycles. The van der Waals surface area contributed by atoms with Crippen molar-refractivity contribution in [2.75, 3.05) is 4.90 Å². The number of aromatic nitrogens is 2. The number of thiophene rings is 1. The molecule has 0 aliphatic heterocycles. The fourth-order valence-electron chi connectivity index (χ4n) is 9.32. The minimum atomic E-state index is 0.874. The molecule has 0 saturated carbocycles. The molecule has 5 heteroatoms. The van der Waals surface area contributed by atoms with E-state index in [1.54, 1.807) is 0 Å². The van der Waals surface area contributed by atoms with Crippen molar-refractivity contribution in [1.82, 2.24) is 8.80 Å². The molecule has 13 rings (SSSR count). The van der Waals surface area contributed by atoms with Gasteiger partial charge in [-0.05, 0) is 66.7 Å². The van der Waals surface area contributed by atoms with Crippen LogP contribution in [0.25, 0.3) is 96.8 Å². The maximum Gasteiger partial charge on any atom is 0.137 e. The van der Waals surface area contributed by atoms with Gasteiger partial charge in [0.15, 0.2) is 0 Å². The van der Waals surface area contributed by atoms with Gasteiger partial charge in [-0.1, -0.05) is 91.0 Å². The van der Waals surface area contributed by atoms with Crippen molar-refractivity contribution >= 4 is 125 Å². The molecule has 0 aliphatic carbocycles. The maximum absolute atomic E-state index is 6.86. The van der Waals surface area contributed by atoms with E-state index in [9.17, 15) is 0 Å². The molecule has 5 heterocycles. The largest absolute Gasteiger partial charge is 0.456 e. The highest BCUT2D eigenvalue weighted by atomic mass is 32.1. The fraction of sp³-hybridized carbons (Fsp3) is 0. The van der Waals surface area contributed by atoms with Gasteiger partial charge in [0, 0.05) is 58.9 Å². The van der Waals surface area contributed by atoms with Gasteiger partial charge in [0.05, 0.1) is 49.9 Å². The van der Waals surface area contributed by atoms with Gasteiger partial charge in [0.25, 0.3) is 0 Å². The Morgan fingerprint density at radius 2 is 1.00 bits per heavy atom. The summed E-state index contributed by atoms with van der Waals surface area (Å²) in [4.78, 5) is 2.43. The molecule has 0 radical (unpaired) electrons. The van der Waals surface area contributed by atoms with Crippen LogP contribution in [0.3, 0.4) is 0 Å². The molecule has 0 N–H and O–H groups in total. The van der Waals surface area contributed by atoms with E-state index in [1.807, 2.05) is 11.3 Å². The maximum atomic E-state index is 6.86. The Morgan fingerprint density at radius 3 is 1.83 bits per heavy atom. The molecule has 4 nitrogen and oxygen atoms in total. The molecule has 0 bridgehead atoms. The zero-order valence-corrected chi connectivity index (χ0v) is 29.1. The van der Waals surface area contributed by atoms with Crippen molar-refractivity contribution in [3.05, 3.63) is 164 Å². The van der Waals surface area contributed by atoms with Crippen LogP contribution < -0.4 is 4.90 Å². The Morgan fingerprint density at radius 1 is 0.396 bits per heavy atom. The Kier molecular flexibility index (Phi) is 5.22. The van der Waals surface area contributed by atoms with Gasteiger partial charge in [0.2, 0.25) is 0 Å². The molecule has 0 aliphatic rings. The SMILES string of the molecule is c1ccc(N(c2cccc3oc4cc5c(cc4c23)c2cccc3c2n5c2cccc4c5ccccc5n3c42)c2cccc3sc4ccccc4c23)cc1. The first-order valence-corrected chi connectivity index (χ1v) is 18.8. The number of rotatable bonds is 3. The van der Waals surface area contributed by atoms with Gasteiger partial charge >= 0.3 is 0 Å². The summed E-state index contributed by atoms with van der Waals surface area (Å²) in [6.07, 6.45) is 0. The van der Waals surface area contributed by atoms with Gasteiger partial charge < -0.3 is 18.1 Å². The van der Waals surface area contributed by atoms with Crippen molar-refractivity contribution in [3.8, 4) is 0 Å². The first-order valence-electron chi connectivity index (χ1n) is 18.0. The number of para-hydroxylation sites is 4. The van der Waals surface area contributed by atoms with Crippen LogP contribution in [0.2, 0.25) is 0 Å². The van der Waals surface area contributed by atoms with Crippen LogP contribution in [0.4, 0.5) is 17.1 Å². The van der Waals surface area contributed by atoms with E-state index in [1.165, 1.54) is 69.3 Å². The summed E-state index contributed by atoms with van der Waals surface area (Å²) in [7, 11) is 0. The summed E-state index contributed by atoms with van der Waals surface area (Å²) in [5.41, 5.74) is 12.4. The van der Waals surface area contributed by atoms with Crippen molar-refractivity contribution < 1.29 is 4.42 Å². The second-order valence-electron chi connectivity index (χ2n) is 14.1. The van der Waals surface area contributed by atoms with Crippen molar-refractivity contribution in [1.29, 1.82) is 0 Å². The lowest BCUT2D eigenvalue weighted by atomic mass is 10.0. The lowest BCUT2D eigenvalue weighted by Crippen LogP contribution is -2.10. The summed E-state index contributed by atoms with van der Waals surface area (Å²) in [6.45, 7) is 0. The van der Waals surface area contributed by atoms with E-state index >= 15 is 0 Å². The normalized spacial score (nSPS) is 12.5. The average molecular weight is 694 g/mol. The first-order chi connectivity index (χ1) is 26.3. The minimum absolute atomic E-state index is 0.874. The van der Waals surface area contributed by atoms with Crippen LogP contribution in [0.1, 0.15) is 0 Å². The lowest BCUT2D eigenvalue weighted by molar-refractivity contribution is 0.669. The minimum Gasteiger partial charge on any atom is -0.456 e. The second-order valence-corrected chi connectivity index (χ2v) is 15.2. The zero-order valence-electron chi connectivity index (χ0n) is 28.2. The third-order valence-corrected chi connectivity index (χ3v) is 12.5. The molecule has 8 aromatic carbocycles. The molecule has 0 fully saturated rings. The summed E-state index contributed by atoms with van der Waals surface area (Å²) in [6, 6.07) is 59.6. The van der Waals surface area contributed by atoms with E-state index in [-0.39, 0.29) is 0 Å². The number of anilines is 3. The number of nitrogens with zero attached hydrogens (tertiary/aromatic N) is 3. The standard InChI is InChI=1S/C48H27N3OS/c1-2-12-28(13-3-1)49(37-20-11-25-44-46(37)32-15-5-7-24-43(32)53-44)36-19-10-23-41-45(36)34-26-33-31-17-9-21-38-48(31)51(40(33)27-42(34)52-41)39-22-8-16-30-29-14-4-6-18-35(29)50(38)47(30)39/h1-27H. The number of fused-ring (bicyclic) bond motifs is 14. The second kappa shape index (κ2) is 9.94. The smallest absolute Gasteiger partial charge is 0.137 e. The summed E-state index contributed by atoms with van der Waals surface area (Å²) in [5, 5.41) is 9.76. The molecule has 53 heavy (non-hydrogen) atoms. The summed E-state index contributed by atoms with van der Waals surface area (Å²) >= 11 is 1.85.